The number of nitro benzene ring substituents is 1. The first-order valence-corrected chi connectivity index (χ1v) is 5.88. The van der Waals surface area contributed by atoms with Gasteiger partial charge in [0, 0.05) is 12.6 Å². The monoisotopic (exact) mass is 254 g/mol. The number of benzene rings is 1. The van der Waals surface area contributed by atoms with Crippen LogP contribution in [0.1, 0.15) is 12.0 Å². The van der Waals surface area contributed by atoms with Gasteiger partial charge in [0.15, 0.2) is 0 Å². The summed E-state index contributed by atoms with van der Waals surface area (Å²) in [4.78, 5) is 10.3. The van der Waals surface area contributed by atoms with Gasteiger partial charge in [-0.1, -0.05) is 0 Å². The predicted molar refractivity (Wildman–Crippen MR) is 63.7 cm³/mol. The smallest absolute Gasteiger partial charge is 0.275 e. The number of rotatable bonds is 5. The summed E-state index contributed by atoms with van der Waals surface area (Å²) >= 11 is 0. The number of halogens is 1. The third-order valence-electron chi connectivity index (χ3n) is 3.01. The minimum Gasteiger partial charge on any atom is -0.376 e. The van der Waals surface area contributed by atoms with E-state index in [9.17, 15) is 14.5 Å². The van der Waals surface area contributed by atoms with Gasteiger partial charge in [-0.25, -0.2) is 4.39 Å². The zero-order valence-electron chi connectivity index (χ0n) is 9.89. The molecule has 0 saturated carbocycles. The zero-order valence-corrected chi connectivity index (χ0v) is 9.89. The van der Waals surface area contributed by atoms with Crippen LogP contribution < -0.4 is 5.32 Å². The van der Waals surface area contributed by atoms with Crippen LogP contribution in [0.3, 0.4) is 0 Å². The number of nitro groups is 1. The van der Waals surface area contributed by atoms with Crippen molar-refractivity contribution in [1.29, 1.82) is 0 Å². The molecule has 1 atom stereocenters. The molecule has 1 aromatic rings. The Bertz CT molecular complexity index is 433. The summed E-state index contributed by atoms with van der Waals surface area (Å²) in [5.74, 6) is -0.0423. The average Bonchev–Trinajstić information content (AvgIpc) is 2.82. The average molecular weight is 254 g/mol. The van der Waals surface area contributed by atoms with Gasteiger partial charge in [-0.05, 0) is 31.0 Å². The van der Waals surface area contributed by atoms with E-state index in [1.54, 1.807) is 0 Å². The molecule has 2 rings (SSSR count). The normalized spacial score (nSPS) is 19.1. The van der Waals surface area contributed by atoms with Crippen LogP contribution in [0, 0.1) is 21.8 Å². The molecule has 0 radical (unpaired) electrons. The summed E-state index contributed by atoms with van der Waals surface area (Å²) in [6.07, 6.45) is 1.05. The molecule has 0 spiro atoms. The third kappa shape index (κ3) is 3.24. The van der Waals surface area contributed by atoms with E-state index in [4.69, 9.17) is 4.74 Å². The SMILES string of the molecule is O=[N+]([O-])c1ccc(F)cc1COCC1CCNC1. The summed E-state index contributed by atoms with van der Waals surface area (Å²) < 4.78 is 18.5. The van der Waals surface area contributed by atoms with Gasteiger partial charge in [0.05, 0.1) is 23.7 Å². The fourth-order valence-electron chi connectivity index (χ4n) is 2.04. The van der Waals surface area contributed by atoms with Crippen LogP contribution in [0.4, 0.5) is 10.1 Å². The largest absolute Gasteiger partial charge is 0.376 e. The summed E-state index contributed by atoms with van der Waals surface area (Å²) in [5.41, 5.74) is 0.187. The Morgan fingerprint density at radius 3 is 3.06 bits per heavy atom. The van der Waals surface area contributed by atoms with Crippen molar-refractivity contribution in [2.75, 3.05) is 19.7 Å². The van der Waals surface area contributed by atoms with Gasteiger partial charge in [0.1, 0.15) is 5.82 Å². The maximum Gasteiger partial charge on any atom is 0.275 e. The van der Waals surface area contributed by atoms with Crippen LogP contribution >= 0.6 is 0 Å². The van der Waals surface area contributed by atoms with E-state index in [2.05, 4.69) is 5.32 Å². The first-order chi connectivity index (χ1) is 8.66. The zero-order chi connectivity index (χ0) is 13.0. The van der Waals surface area contributed by atoms with Gasteiger partial charge in [0.2, 0.25) is 0 Å². The van der Waals surface area contributed by atoms with Gasteiger partial charge in [-0.3, -0.25) is 10.1 Å². The molecule has 18 heavy (non-hydrogen) atoms. The molecule has 98 valence electrons. The summed E-state index contributed by atoms with van der Waals surface area (Å²) in [7, 11) is 0. The summed E-state index contributed by atoms with van der Waals surface area (Å²) in [6, 6.07) is 3.42. The molecule has 1 unspecified atom stereocenters. The van der Waals surface area contributed by atoms with Crippen molar-refractivity contribution in [2.45, 2.75) is 13.0 Å². The Morgan fingerprint density at radius 2 is 2.39 bits per heavy atom. The van der Waals surface area contributed by atoms with E-state index >= 15 is 0 Å². The second-order valence-corrected chi connectivity index (χ2v) is 4.40. The molecule has 1 aromatic carbocycles. The molecule has 5 nitrogen and oxygen atoms in total. The molecule has 1 aliphatic heterocycles. The van der Waals surface area contributed by atoms with Gasteiger partial charge >= 0.3 is 0 Å². The molecule has 0 bridgehead atoms. The molecule has 1 N–H and O–H groups in total. The molecular weight excluding hydrogens is 239 g/mol. The number of nitrogens with one attached hydrogen (secondary N) is 1. The molecule has 0 amide bonds. The van der Waals surface area contributed by atoms with Crippen molar-refractivity contribution in [3.63, 3.8) is 0 Å². The second kappa shape index (κ2) is 5.88. The number of ether oxygens (including phenoxy) is 1. The second-order valence-electron chi connectivity index (χ2n) is 4.40. The van der Waals surface area contributed by atoms with E-state index in [0.29, 0.717) is 12.5 Å². The number of hydrogen-bond acceptors (Lipinski definition) is 4. The molecule has 6 heteroatoms. The van der Waals surface area contributed by atoms with Crippen LogP contribution in [0.25, 0.3) is 0 Å². The van der Waals surface area contributed by atoms with Crippen molar-refractivity contribution < 1.29 is 14.1 Å². The fraction of sp³-hybridized carbons (Fsp3) is 0.500. The van der Waals surface area contributed by atoms with Crippen LogP contribution in [-0.2, 0) is 11.3 Å². The van der Waals surface area contributed by atoms with Crippen molar-refractivity contribution in [3.05, 3.63) is 39.7 Å². The number of hydrogen-bond donors (Lipinski definition) is 1. The van der Waals surface area contributed by atoms with Gasteiger partial charge in [-0.15, -0.1) is 0 Å². The molecule has 1 saturated heterocycles. The maximum atomic E-state index is 13.1. The molecule has 0 aromatic heterocycles. The van der Waals surface area contributed by atoms with Gasteiger partial charge < -0.3 is 10.1 Å². The highest BCUT2D eigenvalue weighted by Crippen LogP contribution is 2.21. The summed E-state index contributed by atoms with van der Waals surface area (Å²) in [5, 5.41) is 14.0. The van der Waals surface area contributed by atoms with E-state index in [-0.39, 0.29) is 17.9 Å². The highest BCUT2D eigenvalue weighted by molar-refractivity contribution is 5.39. The van der Waals surface area contributed by atoms with Crippen LogP contribution in [0.5, 0.6) is 0 Å². The molecular formula is C12H15FN2O3. The van der Waals surface area contributed by atoms with Crippen molar-refractivity contribution in [2.24, 2.45) is 5.92 Å². The first kappa shape index (κ1) is 12.9. The highest BCUT2D eigenvalue weighted by Gasteiger charge is 2.17. The third-order valence-corrected chi connectivity index (χ3v) is 3.01. The quantitative estimate of drug-likeness (QED) is 0.643. The Labute approximate surface area is 104 Å². The predicted octanol–water partition coefficient (Wildman–Crippen LogP) is 1.86. The van der Waals surface area contributed by atoms with E-state index in [0.717, 1.165) is 31.6 Å². The van der Waals surface area contributed by atoms with E-state index in [1.807, 2.05) is 0 Å². The molecule has 1 fully saturated rings. The lowest BCUT2D eigenvalue weighted by molar-refractivity contribution is -0.386. The topological polar surface area (TPSA) is 64.4 Å². The highest BCUT2D eigenvalue weighted by atomic mass is 19.1. The number of nitrogens with zero attached hydrogens (tertiary/aromatic N) is 1. The van der Waals surface area contributed by atoms with Crippen LogP contribution in [0.15, 0.2) is 18.2 Å². The van der Waals surface area contributed by atoms with E-state index < -0.39 is 10.7 Å². The Morgan fingerprint density at radius 1 is 1.56 bits per heavy atom. The Hall–Kier alpha value is -1.53. The summed E-state index contributed by atoms with van der Waals surface area (Å²) in [6.45, 7) is 2.50. The van der Waals surface area contributed by atoms with Gasteiger partial charge in [0.25, 0.3) is 5.69 Å². The lowest BCUT2D eigenvalue weighted by Gasteiger charge is -2.09. The van der Waals surface area contributed by atoms with Gasteiger partial charge in [-0.2, -0.15) is 0 Å². The lowest BCUT2D eigenvalue weighted by Crippen LogP contribution is -2.14. The Balaban J connectivity index is 1.94. The first-order valence-electron chi connectivity index (χ1n) is 5.88. The minimum absolute atomic E-state index is 0.0740. The molecule has 1 aliphatic rings. The fourth-order valence-corrected chi connectivity index (χ4v) is 2.04. The van der Waals surface area contributed by atoms with Crippen molar-refractivity contribution >= 4 is 5.69 Å². The standard InChI is InChI=1S/C12H15FN2O3/c13-11-1-2-12(15(16)17)10(5-11)8-18-7-9-3-4-14-6-9/h1-2,5,9,14H,3-4,6-8H2. The lowest BCUT2D eigenvalue weighted by atomic mass is 10.1. The van der Waals surface area contributed by atoms with Crippen molar-refractivity contribution in [1.82, 2.24) is 5.32 Å². The Kier molecular flexibility index (Phi) is 4.22. The minimum atomic E-state index is -0.519. The molecule has 1 heterocycles. The molecule has 0 aliphatic carbocycles. The maximum absolute atomic E-state index is 13.1. The van der Waals surface area contributed by atoms with Crippen LogP contribution in [0.2, 0.25) is 0 Å². The van der Waals surface area contributed by atoms with Crippen molar-refractivity contribution in [3.8, 4) is 0 Å². The van der Waals surface area contributed by atoms with E-state index in [1.165, 1.54) is 6.07 Å². The van der Waals surface area contributed by atoms with Crippen LogP contribution in [-0.4, -0.2) is 24.6 Å².